The van der Waals surface area contributed by atoms with E-state index in [-0.39, 0.29) is 5.91 Å². The van der Waals surface area contributed by atoms with Gasteiger partial charge >= 0.3 is 6.03 Å². The number of carbonyl (C=O) groups is 2. The zero-order valence-corrected chi connectivity index (χ0v) is 14.5. The number of fused-ring (bicyclic) bond motifs is 1. The Bertz CT molecular complexity index is 879. The van der Waals surface area contributed by atoms with Gasteiger partial charge in [0.2, 0.25) is 5.91 Å². The number of imide groups is 1. The molecule has 3 rings (SSSR count). The molecule has 128 valence electrons. The number of nitrogens with zero attached hydrogens (tertiary/aromatic N) is 2. The summed E-state index contributed by atoms with van der Waals surface area (Å²) in [4.78, 5) is 28.4. The van der Waals surface area contributed by atoms with Crippen LogP contribution in [0.5, 0.6) is 0 Å². The van der Waals surface area contributed by atoms with Crippen molar-refractivity contribution in [1.82, 2.24) is 20.0 Å². The SMILES string of the molecule is CC(Sc1ncc2ccccn12)C(=O)NC(=O)NCc1ccccc1. The minimum absolute atomic E-state index is 0.358. The highest BCUT2D eigenvalue weighted by atomic mass is 32.2. The highest BCUT2D eigenvalue weighted by Crippen LogP contribution is 2.23. The van der Waals surface area contributed by atoms with Crippen molar-refractivity contribution >= 4 is 29.2 Å². The summed E-state index contributed by atoms with van der Waals surface area (Å²) in [6, 6.07) is 14.8. The lowest BCUT2D eigenvalue weighted by Crippen LogP contribution is -2.42. The summed E-state index contributed by atoms with van der Waals surface area (Å²) in [6.07, 6.45) is 3.64. The van der Waals surface area contributed by atoms with Gasteiger partial charge in [-0.2, -0.15) is 0 Å². The molecule has 0 bridgehead atoms. The van der Waals surface area contributed by atoms with E-state index in [2.05, 4.69) is 15.6 Å². The van der Waals surface area contributed by atoms with Gasteiger partial charge in [-0.1, -0.05) is 48.2 Å². The second-order valence-corrected chi connectivity index (χ2v) is 6.76. The number of aromatic nitrogens is 2. The van der Waals surface area contributed by atoms with Gasteiger partial charge in [-0.15, -0.1) is 0 Å². The molecule has 3 amide bonds. The Kier molecular flexibility index (Phi) is 5.35. The summed E-state index contributed by atoms with van der Waals surface area (Å²) in [5, 5.41) is 5.30. The number of hydrogen-bond donors (Lipinski definition) is 2. The number of imidazole rings is 1. The Morgan fingerprint density at radius 2 is 1.92 bits per heavy atom. The maximum absolute atomic E-state index is 12.2. The number of amides is 3. The van der Waals surface area contributed by atoms with E-state index in [9.17, 15) is 9.59 Å². The Hall–Kier alpha value is -2.80. The van der Waals surface area contributed by atoms with E-state index in [1.54, 1.807) is 13.1 Å². The maximum atomic E-state index is 12.2. The second kappa shape index (κ2) is 7.85. The molecule has 1 aromatic carbocycles. The van der Waals surface area contributed by atoms with E-state index < -0.39 is 11.3 Å². The fourth-order valence-electron chi connectivity index (χ4n) is 2.25. The molecular weight excluding hydrogens is 336 g/mol. The summed E-state index contributed by atoms with van der Waals surface area (Å²) >= 11 is 1.30. The predicted molar refractivity (Wildman–Crippen MR) is 97.3 cm³/mol. The van der Waals surface area contributed by atoms with Crippen LogP contribution in [0.2, 0.25) is 0 Å². The summed E-state index contributed by atoms with van der Waals surface area (Å²) in [5.74, 6) is -0.358. The number of benzene rings is 1. The molecule has 0 aliphatic rings. The normalized spacial score (nSPS) is 11.9. The van der Waals surface area contributed by atoms with E-state index in [1.807, 2.05) is 59.1 Å². The molecule has 6 nitrogen and oxygen atoms in total. The molecule has 1 unspecified atom stereocenters. The first-order valence-electron chi connectivity index (χ1n) is 7.85. The summed E-state index contributed by atoms with van der Waals surface area (Å²) in [5.41, 5.74) is 1.93. The number of urea groups is 1. The fraction of sp³-hybridized carbons (Fsp3) is 0.167. The zero-order chi connectivity index (χ0) is 17.6. The van der Waals surface area contributed by atoms with E-state index >= 15 is 0 Å². The molecule has 0 spiro atoms. The van der Waals surface area contributed by atoms with Crippen LogP contribution in [0.15, 0.2) is 66.1 Å². The Morgan fingerprint density at radius 3 is 2.72 bits per heavy atom. The van der Waals surface area contributed by atoms with Crippen molar-refractivity contribution in [3.63, 3.8) is 0 Å². The van der Waals surface area contributed by atoms with Crippen molar-refractivity contribution in [2.75, 3.05) is 0 Å². The minimum Gasteiger partial charge on any atom is -0.334 e. The van der Waals surface area contributed by atoms with Crippen LogP contribution in [-0.4, -0.2) is 26.6 Å². The van der Waals surface area contributed by atoms with Gasteiger partial charge in [0.1, 0.15) is 0 Å². The smallest absolute Gasteiger partial charge is 0.321 e. The molecule has 2 N–H and O–H groups in total. The van der Waals surface area contributed by atoms with Crippen LogP contribution in [0, 0.1) is 0 Å². The Morgan fingerprint density at radius 1 is 1.16 bits per heavy atom. The predicted octanol–water partition coefficient (Wildman–Crippen LogP) is 2.84. The van der Waals surface area contributed by atoms with Crippen LogP contribution >= 0.6 is 11.8 Å². The van der Waals surface area contributed by atoms with Gasteiger partial charge in [-0.25, -0.2) is 9.78 Å². The molecular formula is C18H18N4O2S. The fourth-order valence-corrected chi connectivity index (χ4v) is 3.13. The topological polar surface area (TPSA) is 75.5 Å². The third-order valence-corrected chi connectivity index (χ3v) is 4.67. The van der Waals surface area contributed by atoms with E-state index in [0.29, 0.717) is 11.7 Å². The standard InChI is InChI=1S/C18H18N4O2S/c1-13(25-18-20-12-15-9-5-6-10-22(15)18)16(23)21-17(24)19-11-14-7-3-2-4-8-14/h2-10,12-13H,11H2,1H3,(H2,19,21,23,24). The molecule has 0 radical (unpaired) electrons. The van der Waals surface area contributed by atoms with Crippen LogP contribution < -0.4 is 10.6 Å². The summed E-state index contributed by atoms with van der Waals surface area (Å²) in [7, 11) is 0. The first kappa shape index (κ1) is 17.0. The third kappa shape index (κ3) is 4.39. The number of hydrogen-bond acceptors (Lipinski definition) is 4. The lowest BCUT2D eigenvalue weighted by molar-refractivity contribution is -0.119. The number of thioether (sulfide) groups is 1. The zero-order valence-electron chi connectivity index (χ0n) is 13.7. The minimum atomic E-state index is -0.505. The average Bonchev–Trinajstić information content (AvgIpc) is 3.04. The summed E-state index contributed by atoms with van der Waals surface area (Å²) in [6.45, 7) is 2.11. The number of pyridine rings is 1. The summed E-state index contributed by atoms with van der Waals surface area (Å²) < 4.78 is 1.91. The van der Waals surface area contributed by atoms with Crippen LogP contribution in [0.1, 0.15) is 12.5 Å². The van der Waals surface area contributed by atoms with E-state index in [1.165, 1.54) is 11.8 Å². The van der Waals surface area contributed by atoms with Gasteiger partial charge in [0.25, 0.3) is 0 Å². The van der Waals surface area contributed by atoms with Gasteiger partial charge in [0, 0.05) is 12.7 Å². The van der Waals surface area contributed by atoms with Crippen molar-refractivity contribution in [2.45, 2.75) is 23.9 Å². The highest BCUT2D eigenvalue weighted by Gasteiger charge is 2.19. The monoisotopic (exact) mass is 354 g/mol. The Labute approximate surface area is 149 Å². The maximum Gasteiger partial charge on any atom is 0.321 e. The molecule has 0 fully saturated rings. The highest BCUT2D eigenvalue weighted by molar-refractivity contribution is 8.00. The second-order valence-electron chi connectivity index (χ2n) is 5.45. The quantitative estimate of drug-likeness (QED) is 0.691. The van der Waals surface area contributed by atoms with Crippen molar-refractivity contribution < 1.29 is 9.59 Å². The average molecular weight is 354 g/mol. The molecule has 7 heteroatoms. The lowest BCUT2D eigenvalue weighted by atomic mass is 10.2. The van der Waals surface area contributed by atoms with Gasteiger partial charge in [0.05, 0.1) is 17.0 Å². The van der Waals surface area contributed by atoms with Gasteiger partial charge in [-0.05, 0) is 24.6 Å². The number of rotatable bonds is 5. The molecule has 0 saturated heterocycles. The van der Waals surface area contributed by atoms with Crippen molar-refractivity contribution in [1.29, 1.82) is 0 Å². The molecule has 1 atom stereocenters. The molecule has 0 saturated carbocycles. The number of carbonyl (C=O) groups excluding carboxylic acids is 2. The van der Waals surface area contributed by atoms with Gasteiger partial charge < -0.3 is 5.32 Å². The van der Waals surface area contributed by atoms with Crippen molar-refractivity contribution in [3.05, 3.63) is 66.5 Å². The molecule has 2 heterocycles. The van der Waals surface area contributed by atoms with Gasteiger partial charge in [-0.3, -0.25) is 14.5 Å². The molecule has 2 aromatic heterocycles. The van der Waals surface area contributed by atoms with Gasteiger partial charge in [0.15, 0.2) is 5.16 Å². The van der Waals surface area contributed by atoms with Crippen LogP contribution in [0.4, 0.5) is 4.79 Å². The largest absolute Gasteiger partial charge is 0.334 e. The molecule has 3 aromatic rings. The van der Waals surface area contributed by atoms with Crippen LogP contribution in [0.25, 0.3) is 5.52 Å². The third-order valence-electron chi connectivity index (χ3n) is 3.59. The first-order chi connectivity index (χ1) is 12.1. The van der Waals surface area contributed by atoms with Crippen molar-refractivity contribution in [2.24, 2.45) is 0 Å². The lowest BCUT2D eigenvalue weighted by Gasteiger charge is -2.11. The molecule has 0 aliphatic heterocycles. The van der Waals surface area contributed by atoms with Crippen LogP contribution in [0.3, 0.4) is 0 Å². The number of nitrogens with one attached hydrogen (secondary N) is 2. The van der Waals surface area contributed by atoms with E-state index in [0.717, 1.165) is 11.1 Å². The first-order valence-corrected chi connectivity index (χ1v) is 8.73. The van der Waals surface area contributed by atoms with Crippen LogP contribution in [-0.2, 0) is 11.3 Å². The van der Waals surface area contributed by atoms with Crippen molar-refractivity contribution in [3.8, 4) is 0 Å². The molecule has 0 aliphatic carbocycles. The Balaban J connectivity index is 1.53. The van der Waals surface area contributed by atoms with E-state index in [4.69, 9.17) is 0 Å². The molecule has 25 heavy (non-hydrogen) atoms.